The van der Waals surface area contributed by atoms with Gasteiger partial charge >= 0.3 is 5.97 Å². The number of methoxy groups -OCH3 is 1. The van der Waals surface area contributed by atoms with Crippen molar-refractivity contribution in [1.82, 2.24) is 15.1 Å². The molecule has 6 nitrogen and oxygen atoms in total. The molecule has 1 rings (SSSR count). The van der Waals surface area contributed by atoms with Gasteiger partial charge < -0.3 is 15.0 Å². The third-order valence-corrected chi connectivity index (χ3v) is 4.44. The topological polar surface area (TPSA) is 61.9 Å². The van der Waals surface area contributed by atoms with Gasteiger partial charge in [-0.2, -0.15) is 0 Å². The fourth-order valence-corrected chi connectivity index (χ4v) is 2.86. The second kappa shape index (κ2) is 9.88. The molecule has 0 radical (unpaired) electrons. The van der Waals surface area contributed by atoms with Gasteiger partial charge in [-0.1, -0.05) is 34.1 Å². The Balaban J connectivity index is 2.42. The Morgan fingerprint density at radius 2 is 1.65 bits per heavy atom. The van der Waals surface area contributed by atoms with E-state index in [2.05, 4.69) is 29.0 Å². The molecular formula is C17H33N3O3. The Morgan fingerprint density at radius 1 is 1.09 bits per heavy atom. The first-order valence-corrected chi connectivity index (χ1v) is 8.69. The molecule has 0 saturated carbocycles. The lowest BCUT2D eigenvalue weighted by atomic mass is 9.99. The third-order valence-electron chi connectivity index (χ3n) is 4.44. The van der Waals surface area contributed by atoms with Gasteiger partial charge in [-0.25, -0.2) is 4.79 Å². The van der Waals surface area contributed by atoms with Gasteiger partial charge in [-0.05, 0) is 11.8 Å². The highest BCUT2D eigenvalue weighted by molar-refractivity contribution is 5.85. The molecule has 23 heavy (non-hydrogen) atoms. The van der Waals surface area contributed by atoms with E-state index in [9.17, 15) is 9.59 Å². The maximum absolute atomic E-state index is 12.2. The average Bonchev–Trinajstić information content (AvgIpc) is 2.52. The number of amides is 1. The molecular weight excluding hydrogens is 294 g/mol. The fraction of sp³-hybridized carbons (Fsp3) is 0.882. The number of carbonyl (C=O) groups excluding carboxylic acids is 2. The highest BCUT2D eigenvalue weighted by Gasteiger charge is 2.27. The minimum absolute atomic E-state index is 0.0642. The van der Waals surface area contributed by atoms with Gasteiger partial charge in [-0.15, -0.1) is 0 Å². The van der Waals surface area contributed by atoms with Crippen molar-refractivity contribution in [2.75, 3.05) is 46.4 Å². The Labute approximate surface area is 140 Å². The first kappa shape index (κ1) is 19.9. The minimum atomic E-state index is -0.556. The first-order valence-electron chi connectivity index (χ1n) is 8.69. The zero-order valence-electron chi connectivity index (χ0n) is 15.3. The minimum Gasteiger partial charge on any atom is -0.467 e. The number of nitrogens with zero attached hydrogens (tertiary/aromatic N) is 2. The largest absolute Gasteiger partial charge is 0.467 e. The summed E-state index contributed by atoms with van der Waals surface area (Å²) < 4.78 is 4.80. The molecule has 1 aliphatic rings. The molecule has 6 heteroatoms. The maximum atomic E-state index is 12.2. The van der Waals surface area contributed by atoms with Crippen molar-refractivity contribution >= 4 is 11.9 Å². The van der Waals surface area contributed by atoms with Gasteiger partial charge in [0.15, 0.2) is 0 Å². The number of ether oxygens (including phenoxy) is 1. The van der Waals surface area contributed by atoms with E-state index in [4.69, 9.17) is 4.74 Å². The number of hydrogen-bond donors (Lipinski definition) is 1. The molecule has 0 spiro atoms. The molecule has 1 heterocycles. The summed E-state index contributed by atoms with van der Waals surface area (Å²) in [6.45, 7) is 13.6. The standard InChI is InChI=1S/C17H33N3O3/c1-6-14(4)16(17(22)23-5)18-15(21)12-20-9-7-19(8-10-20)11-13(2)3/h13-14,16H,6-12H2,1-5H3,(H,18,21). The predicted octanol–water partition coefficient (Wildman–Crippen LogP) is 0.964. The highest BCUT2D eigenvalue weighted by atomic mass is 16.5. The predicted molar refractivity (Wildman–Crippen MR) is 91.1 cm³/mol. The van der Waals surface area contributed by atoms with E-state index in [-0.39, 0.29) is 17.8 Å². The number of carbonyl (C=O) groups is 2. The summed E-state index contributed by atoms with van der Waals surface area (Å²) in [5.74, 6) is 0.267. The van der Waals surface area contributed by atoms with Gasteiger partial charge in [0.05, 0.1) is 13.7 Å². The summed E-state index contributed by atoms with van der Waals surface area (Å²) in [6.07, 6.45) is 0.813. The summed E-state index contributed by atoms with van der Waals surface area (Å²) in [6, 6.07) is -0.556. The molecule has 1 amide bonds. The summed E-state index contributed by atoms with van der Waals surface area (Å²) >= 11 is 0. The average molecular weight is 327 g/mol. The van der Waals surface area contributed by atoms with Gasteiger partial charge in [0.1, 0.15) is 6.04 Å². The number of nitrogens with one attached hydrogen (secondary N) is 1. The van der Waals surface area contributed by atoms with Gasteiger partial charge in [0, 0.05) is 32.7 Å². The number of esters is 1. The van der Waals surface area contributed by atoms with Crippen molar-refractivity contribution in [2.45, 2.75) is 40.2 Å². The van der Waals surface area contributed by atoms with Crippen LogP contribution >= 0.6 is 0 Å². The van der Waals surface area contributed by atoms with Crippen LogP contribution in [-0.2, 0) is 14.3 Å². The second-order valence-corrected chi connectivity index (χ2v) is 6.92. The van der Waals surface area contributed by atoms with E-state index in [0.717, 1.165) is 39.1 Å². The number of rotatable bonds is 8. The Hall–Kier alpha value is -1.14. The van der Waals surface area contributed by atoms with Crippen molar-refractivity contribution in [3.63, 3.8) is 0 Å². The maximum Gasteiger partial charge on any atom is 0.328 e. The summed E-state index contributed by atoms with van der Waals surface area (Å²) in [4.78, 5) is 28.7. The SMILES string of the molecule is CCC(C)C(NC(=O)CN1CCN(CC(C)C)CC1)C(=O)OC. The highest BCUT2D eigenvalue weighted by Crippen LogP contribution is 2.10. The van der Waals surface area contributed by atoms with Crippen LogP contribution in [-0.4, -0.2) is 74.1 Å². The zero-order valence-corrected chi connectivity index (χ0v) is 15.3. The van der Waals surface area contributed by atoms with Crippen LogP contribution in [0.15, 0.2) is 0 Å². The smallest absolute Gasteiger partial charge is 0.328 e. The quantitative estimate of drug-likeness (QED) is 0.673. The lowest BCUT2D eigenvalue weighted by Gasteiger charge is -2.35. The summed E-state index contributed by atoms with van der Waals surface area (Å²) in [5, 5.41) is 2.84. The molecule has 0 aromatic carbocycles. The Morgan fingerprint density at radius 3 is 2.13 bits per heavy atom. The normalized spacial score (nSPS) is 19.4. The number of hydrogen-bond acceptors (Lipinski definition) is 5. The van der Waals surface area contributed by atoms with Gasteiger partial charge in [0.25, 0.3) is 0 Å². The molecule has 1 aliphatic heterocycles. The van der Waals surface area contributed by atoms with E-state index >= 15 is 0 Å². The molecule has 0 aliphatic carbocycles. The molecule has 0 aromatic rings. The zero-order chi connectivity index (χ0) is 17.4. The van der Waals surface area contributed by atoms with Gasteiger partial charge in [0.2, 0.25) is 5.91 Å². The van der Waals surface area contributed by atoms with Crippen molar-refractivity contribution < 1.29 is 14.3 Å². The van der Waals surface area contributed by atoms with Crippen molar-refractivity contribution in [1.29, 1.82) is 0 Å². The third kappa shape index (κ3) is 6.87. The molecule has 1 N–H and O–H groups in total. The molecule has 134 valence electrons. The second-order valence-electron chi connectivity index (χ2n) is 6.92. The van der Waals surface area contributed by atoms with E-state index in [1.54, 1.807) is 0 Å². The summed E-state index contributed by atoms with van der Waals surface area (Å²) in [5.41, 5.74) is 0. The van der Waals surface area contributed by atoms with Crippen LogP contribution < -0.4 is 5.32 Å². The number of piperazine rings is 1. The molecule has 0 aromatic heterocycles. The Kier molecular flexibility index (Phi) is 8.55. The lowest BCUT2D eigenvalue weighted by molar-refractivity contribution is -0.146. The monoisotopic (exact) mass is 327 g/mol. The van der Waals surface area contributed by atoms with E-state index < -0.39 is 6.04 Å². The fourth-order valence-electron chi connectivity index (χ4n) is 2.86. The lowest BCUT2D eigenvalue weighted by Crippen LogP contribution is -2.53. The van der Waals surface area contributed by atoms with Crippen LogP contribution in [0.5, 0.6) is 0 Å². The van der Waals surface area contributed by atoms with E-state index in [0.29, 0.717) is 12.5 Å². The van der Waals surface area contributed by atoms with Crippen LogP contribution in [0.3, 0.4) is 0 Å². The molecule has 1 fully saturated rings. The van der Waals surface area contributed by atoms with Crippen LogP contribution in [0.25, 0.3) is 0 Å². The van der Waals surface area contributed by atoms with Crippen molar-refractivity contribution in [3.05, 3.63) is 0 Å². The van der Waals surface area contributed by atoms with Crippen LogP contribution in [0, 0.1) is 11.8 Å². The first-order chi connectivity index (χ1) is 10.9. The van der Waals surface area contributed by atoms with Gasteiger partial charge in [-0.3, -0.25) is 9.69 Å². The van der Waals surface area contributed by atoms with Crippen LogP contribution in [0.2, 0.25) is 0 Å². The van der Waals surface area contributed by atoms with E-state index in [1.165, 1.54) is 7.11 Å². The molecule has 0 bridgehead atoms. The Bertz CT molecular complexity index is 379. The van der Waals surface area contributed by atoms with Crippen LogP contribution in [0.4, 0.5) is 0 Å². The molecule has 1 saturated heterocycles. The summed E-state index contributed by atoms with van der Waals surface area (Å²) in [7, 11) is 1.36. The molecule has 2 unspecified atom stereocenters. The van der Waals surface area contributed by atoms with Crippen molar-refractivity contribution in [2.24, 2.45) is 11.8 Å². The molecule has 2 atom stereocenters. The van der Waals surface area contributed by atoms with Crippen molar-refractivity contribution in [3.8, 4) is 0 Å². The van der Waals surface area contributed by atoms with Crippen LogP contribution in [0.1, 0.15) is 34.1 Å². The van der Waals surface area contributed by atoms with E-state index in [1.807, 2.05) is 13.8 Å².